The van der Waals surface area contributed by atoms with Crippen LogP contribution in [0.2, 0.25) is 0 Å². The van der Waals surface area contributed by atoms with E-state index in [0.717, 1.165) is 35.5 Å². The number of aromatic nitrogens is 4. The molecule has 1 fully saturated rings. The van der Waals surface area contributed by atoms with Crippen molar-refractivity contribution in [1.29, 1.82) is 0 Å². The molecule has 4 nitrogen and oxygen atoms in total. The molecule has 3 aromatic rings. The first kappa shape index (κ1) is 15.2. The number of imidazole rings is 1. The van der Waals surface area contributed by atoms with Crippen molar-refractivity contribution >= 4 is 12.2 Å². The summed E-state index contributed by atoms with van der Waals surface area (Å²) in [6.07, 6.45) is 8.37. The highest BCUT2D eigenvalue weighted by Gasteiger charge is 2.23. The third-order valence-corrected chi connectivity index (χ3v) is 4.77. The van der Waals surface area contributed by atoms with Crippen molar-refractivity contribution in [2.45, 2.75) is 31.7 Å². The molecular formula is C18H17FN4S. The zero-order valence-electron chi connectivity index (χ0n) is 13.1. The molecular weight excluding hydrogens is 323 g/mol. The first-order valence-electron chi connectivity index (χ1n) is 8.11. The lowest BCUT2D eigenvalue weighted by Crippen LogP contribution is -2.06. The zero-order chi connectivity index (χ0) is 16.5. The Morgan fingerprint density at radius 1 is 1.08 bits per heavy atom. The van der Waals surface area contributed by atoms with Crippen LogP contribution in [-0.2, 0) is 0 Å². The average molecular weight is 340 g/mol. The predicted octanol–water partition coefficient (Wildman–Crippen LogP) is 4.92. The van der Waals surface area contributed by atoms with E-state index >= 15 is 0 Å². The number of halogens is 1. The van der Waals surface area contributed by atoms with Crippen molar-refractivity contribution in [3.8, 4) is 22.6 Å². The third kappa shape index (κ3) is 2.78. The highest BCUT2D eigenvalue weighted by Crippen LogP contribution is 2.37. The molecule has 1 saturated carbocycles. The summed E-state index contributed by atoms with van der Waals surface area (Å²) in [6, 6.07) is 8.79. The molecule has 0 radical (unpaired) electrons. The highest BCUT2D eigenvalue weighted by atomic mass is 32.1. The molecule has 0 unspecified atom stereocenters. The molecule has 24 heavy (non-hydrogen) atoms. The van der Waals surface area contributed by atoms with Crippen LogP contribution in [-0.4, -0.2) is 19.5 Å². The second kappa shape index (κ2) is 6.28. The molecule has 0 aliphatic heterocycles. The summed E-state index contributed by atoms with van der Waals surface area (Å²) in [6.45, 7) is 0. The van der Waals surface area contributed by atoms with Gasteiger partial charge in [-0.15, -0.1) is 0 Å². The van der Waals surface area contributed by atoms with Crippen LogP contribution in [0.1, 0.15) is 31.7 Å². The van der Waals surface area contributed by atoms with Crippen molar-refractivity contribution < 1.29 is 4.39 Å². The molecule has 0 bridgehead atoms. The fourth-order valence-corrected chi connectivity index (χ4v) is 3.58. The van der Waals surface area contributed by atoms with Gasteiger partial charge < -0.3 is 9.55 Å². The Kier molecular flexibility index (Phi) is 3.98. The maximum atomic E-state index is 13.3. The Hall–Kier alpha value is -2.34. The Balaban J connectivity index is 1.90. The quantitative estimate of drug-likeness (QED) is 0.688. The molecule has 2 aromatic heterocycles. The number of nitrogens with zero attached hydrogens (tertiary/aromatic N) is 3. The van der Waals surface area contributed by atoms with Gasteiger partial charge in [0.25, 0.3) is 0 Å². The summed E-state index contributed by atoms with van der Waals surface area (Å²) in [7, 11) is 0. The summed E-state index contributed by atoms with van der Waals surface area (Å²) in [5.41, 5.74) is 3.60. The van der Waals surface area contributed by atoms with Crippen molar-refractivity contribution in [2.75, 3.05) is 0 Å². The minimum atomic E-state index is -0.251. The molecule has 1 aliphatic carbocycles. The molecule has 4 rings (SSSR count). The van der Waals surface area contributed by atoms with E-state index in [1.54, 1.807) is 18.3 Å². The van der Waals surface area contributed by atoms with Gasteiger partial charge in [-0.05, 0) is 55.4 Å². The lowest BCUT2D eigenvalue weighted by molar-refractivity contribution is 0.522. The van der Waals surface area contributed by atoms with E-state index in [-0.39, 0.29) is 5.82 Å². The van der Waals surface area contributed by atoms with Gasteiger partial charge in [-0.2, -0.15) is 0 Å². The van der Waals surface area contributed by atoms with Crippen LogP contribution in [0.3, 0.4) is 0 Å². The second-order valence-electron chi connectivity index (χ2n) is 6.08. The Morgan fingerprint density at radius 3 is 2.54 bits per heavy atom. The van der Waals surface area contributed by atoms with Crippen LogP contribution in [0, 0.1) is 10.6 Å². The first-order valence-corrected chi connectivity index (χ1v) is 8.51. The summed E-state index contributed by atoms with van der Waals surface area (Å²) in [5, 5.41) is 0. The van der Waals surface area contributed by atoms with E-state index in [0.29, 0.717) is 10.8 Å². The van der Waals surface area contributed by atoms with Gasteiger partial charge in [0.1, 0.15) is 5.82 Å². The number of benzene rings is 1. The van der Waals surface area contributed by atoms with Crippen LogP contribution >= 0.6 is 12.2 Å². The Labute approximate surface area is 144 Å². The molecule has 0 saturated heterocycles. The fourth-order valence-electron chi connectivity index (χ4n) is 3.41. The molecule has 2 heterocycles. The number of nitrogens with one attached hydrogen (secondary N) is 1. The van der Waals surface area contributed by atoms with Crippen molar-refractivity contribution in [3.63, 3.8) is 0 Å². The molecule has 6 heteroatoms. The summed E-state index contributed by atoms with van der Waals surface area (Å²) in [5.74, 6) is -0.251. The van der Waals surface area contributed by atoms with Gasteiger partial charge in [0.2, 0.25) is 0 Å². The Bertz CT molecular complexity index is 907. The second-order valence-corrected chi connectivity index (χ2v) is 6.47. The minimum absolute atomic E-state index is 0.251. The molecule has 0 atom stereocenters. The van der Waals surface area contributed by atoms with Crippen molar-refractivity contribution in [1.82, 2.24) is 19.5 Å². The highest BCUT2D eigenvalue weighted by molar-refractivity contribution is 7.71. The zero-order valence-corrected chi connectivity index (χ0v) is 13.9. The average Bonchev–Trinajstić information content (AvgIpc) is 3.25. The topological polar surface area (TPSA) is 46.5 Å². The molecule has 1 N–H and O–H groups in total. The van der Waals surface area contributed by atoms with Crippen molar-refractivity contribution in [3.05, 3.63) is 53.4 Å². The van der Waals surface area contributed by atoms with Gasteiger partial charge in [0, 0.05) is 17.8 Å². The lowest BCUT2D eigenvalue weighted by Gasteiger charge is -2.16. The number of hydrogen-bond acceptors (Lipinski definition) is 3. The summed E-state index contributed by atoms with van der Waals surface area (Å²) >= 11 is 5.18. The van der Waals surface area contributed by atoms with Gasteiger partial charge in [-0.1, -0.05) is 12.8 Å². The van der Waals surface area contributed by atoms with E-state index in [1.807, 2.05) is 12.4 Å². The molecule has 1 aliphatic rings. The summed E-state index contributed by atoms with van der Waals surface area (Å²) in [4.78, 5) is 11.9. The molecule has 1 aromatic carbocycles. The van der Waals surface area contributed by atoms with Crippen molar-refractivity contribution in [2.24, 2.45) is 0 Å². The van der Waals surface area contributed by atoms with Crippen LogP contribution in [0.15, 0.2) is 42.9 Å². The van der Waals surface area contributed by atoms with Gasteiger partial charge in [0.05, 0.1) is 23.4 Å². The van der Waals surface area contributed by atoms with Gasteiger partial charge in [0.15, 0.2) is 4.77 Å². The van der Waals surface area contributed by atoms with E-state index in [2.05, 4.69) is 19.5 Å². The van der Waals surface area contributed by atoms with E-state index < -0.39 is 0 Å². The monoisotopic (exact) mass is 340 g/mol. The molecule has 0 amide bonds. The van der Waals surface area contributed by atoms with E-state index in [4.69, 9.17) is 12.2 Å². The van der Waals surface area contributed by atoms with E-state index in [1.165, 1.54) is 25.0 Å². The van der Waals surface area contributed by atoms with Crippen LogP contribution in [0.25, 0.3) is 22.6 Å². The maximum Gasteiger partial charge on any atom is 0.197 e. The number of H-pyrrole nitrogens is 1. The van der Waals surface area contributed by atoms with E-state index in [9.17, 15) is 4.39 Å². The normalized spacial score (nSPS) is 15.0. The summed E-state index contributed by atoms with van der Waals surface area (Å²) < 4.78 is 15.9. The molecule has 122 valence electrons. The van der Waals surface area contributed by atoms with Gasteiger partial charge in [-0.3, -0.25) is 0 Å². The number of rotatable bonds is 3. The van der Waals surface area contributed by atoms with Gasteiger partial charge in [-0.25, -0.2) is 14.4 Å². The smallest absolute Gasteiger partial charge is 0.197 e. The standard InChI is InChI=1S/C18H17FN4S/c19-13-7-5-12(6-8-13)16-17(15-9-10-20-18(24)22-15)23(11-21-16)14-3-1-2-4-14/h5-11,14H,1-4H2,(H,20,22,24). The predicted molar refractivity (Wildman–Crippen MR) is 93.5 cm³/mol. The fraction of sp³-hybridized carbons (Fsp3) is 0.278. The molecule has 0 spiro atoms. The van der Waals surface area contributed by atoms with Gasteiger partial charge >= 0.3 is 0 Å². The largest absolute Gasteiger partial charge is 0.329 e. The number of aromatic amines is 1. The first-order chi connectivity index (χ1) is 11.7. The lowest BCUT2D eigenvalue weighted by atomic mass is 10.1. The minimum Gasteiger partial charge on any atom is -0.329 e. The Morgan fingerprint density at radius 2 is 1.83 bits per heavy atom. The van der Waals surface area contributed by atoms with Crippen LogP contribution in [0.4, 0.5) is 4.39 Å². The maximum absolute atomic E-state index is 13.3. The number of hydrogen-bond donors (Lipinski definition) is 1. The SMILES string of the molecule is Fc1ccc(-c2ncn(C3CCCC3)c2-c2ccnc(=S)[nH]2)cc1. The van der Waals surface area contributed by atoms with Crippen LogP contribution in [0.5, 0.6) is 0 Å². The third-order valence-electron chi connectivity index (χ3n) is 4.56. The van der Waals surface area contributed by atoms with Crippen LogP contribution < -0.4 is 0 Å².